The van der Waals surface area contributed by atoms with E-state index in [9.17, 15) is 8.42 Å². The van der Waals surface area contributed by atoms with Gasteiger partial charge in [0.15, 0.2) is 10.9 Å². The van der Waals surface area contributed by atoms with Gasteiger partial charge in [-0.25, -0.2) is 8.42 Å². The molecule has 0 bridgehead atoms. The highest BCUT2D eigenvalue weighted by atomic mass is 32.2. The lowest BCUT2D eigenvalue weighted by Crippen LogP contribution is -2.41. The first-order chi connectivity index (χ1) is 12.4. The molecule has 26 heavy (non-hydrogen) atoms. The van der Waals surface area contributed by atoms with Crippen LogP contribution in [0.15, 0.2) is 41.4 Å². The van der Waals surface area contributed by atoms with Gasteiger partial charge in [0.25, 0.3) is 10.0 Å². The number of benzene rings is 1. The summed E-state index contributed by atoms with van der Waals surface area (Å²) in [5.41, 5.74) is 1.64. The molecule has 0 saturated carbocycles. The zero-order valence-corrected chi connectivity index (χ0v) is 15.7. The van der Waals surface area contributed by atoms with Crippen LogP contribution in [0.3, 0.4) is 0 Å². The molecule has 3 aromatic rings. The largest absolute Gasteiger partial charge is 0.306 e. The predicted octanol–water partition coefficient (Wildman–Crippen LogP) is 1.75. The van der Waals surface area contributed by atoms with E-state index in [1.54, 1.807) is 20.0 Å². The van der Waals surface area contributed by atoms with E-state index in [1.165, 1.54) is 8.99 Å². The number of hydrogen-bond donors (Lipinski definition) is 0. The fourth-order valence-corrected chi connectivity index (χ4v) is 5.08. The number of fused-ring (bicyclic) bond motifs is 1. The van der Waals surface area contributed by atoms with Crippen LogP contribution in [-0.4, -0.2) is 43.8 Å². The van der Waals surface area contributed by atoms with Crippen molar-refractivity contribution in [3.8, 4) is 11.4 Å². The summed E-state index contributed by atoms with van der Waals surface area (Å²) in [6, 6.07) is 11.3. The highest BCUT2D eigenvalue weighted by molar-refractivity contribution is 7.89. The van der Waals surface area contributed by atoms with Gasteiger partial charge in [0.05, 0.1) is 12.2 Å². The van der Waals surface area contributed by atoms with Crippen molar-refractivity contribution >= 4 is 10.0 Å². The average molecular weight is 372 g/mol. The van der Waals surface area contributed by atoms with Gasteiger partial charge < -0.3 is 4.57 Å². The van der Waals surface area contributed by atoms with Crippen LogP contribution in [0.2, 0.25) is 0 Å². The number of aryl methyl sites for hydroxylation is 2. The normalized spacial score (nSPS) is 18.0. The zero-order chi connectivity index (χ0) is 18.5. The molecule has 0 amide bonds. The monoisotopic (exact) mass is 372 g/mol. The summed E-state index contributed by atoms with van der Waals surface area (Å²) in [5.74, 6) is 1.41. The molecule has 9 heteroatoms. The van der Waals surface area contributed by atoms with Crippen molar-refractivity contribution in [2.24, 2.45) is 7.05 Å². The van der Waals surface area contributed by atoms with E-state index in [0.717, 1.165) is 11.4 Å². The zero-order valence-electron chi connectivity index (χ0n) is 14.9. The molecule has 0 radical (unpaired) electrons. The van der Waals surface area contributed by atoms with Gasteiger partial charge >= 0.3 is 0 Å². The van der Waals surface area contributed by atoms with E-state index >= 15 is 0 Å². The first-order valence-corrected chi connectivity index (χ1v) is 9.82. The third kappa shape index (κ3) is 2.63. The maximum atomic E-state index is 13.1. The molecule has 3 heterocycles. The van der Waals surface area contributed by atoms with Crippen molar-refractivity contribution in [1.29, 1.82) is 0 Å². The van der Waals surface area contributed by atoms with Gasteiger partial charge in [-0.05, 0) is 19.9 Å². The van der Waals surface area contributed by atoms with Gasteiger partial charge in [-0.2, -0.15) is 9.40 Å². The summed E-state index contributed by atoms with van der Waals surface area (Å²) in [7, 11) is -2.01. The van der Waals surface area contributed by atoms with Crippen LogP contribution in [0.4, 0.5) is 0 Å². The van der Waals surface area contributed by atoms with Crippen molar-refractivity contribution in [1.82, 2.24) is 28.9 Å². The molecule has 1 aliphatic rings. The highest BCUT2D eigenvalue weighted by Gasteiger charge is 2.35. The first kappa shape index (κ1) is 16.9. The van der Waals surface area contributed by atoms with Crippen LogP contribution in [-0.2, 0) is 23.6 Å². The van der Waals surface area contributed by atoms with E-state index in [4.69, 9.17) is 0 Å². The molecule has 0 N–H and O–H groups in total. The topological polar surface area (TPSA) is 85.9 Å². The molecule has 2 aromatic heterocycles. The SMILES string of the molecule is Cc1cc(S(=O)(=O)N2Cc3nnc(-c4ccccc4)n3[C@@H](C)C2)n(C)n1. The maximum Gasteiger partial charge on any atom is 0.260 e. The highest BCUT2D eigenvalue weighted by Crippen LogP contribution is 2.30. The average Bonchev–Trinajstić information content (AvgIpc) is 3.19. The van der Waals surface area contributed by atoms with Gasteiger partial charge in [-0.3, -0.25) is 4.68 Å². The molecule has 0 fully saturated rings. The number of hydrogen-bond acceptors (Lipinski definition) is 5. The second-order valence-electron chi connectivity index (χ2n) is 6.57. The number of rotatable bonds is 3. The molecule has 1 aromatic carbocycles. The standard InChI is InChI=1S/C17H20N6O2S/c1-12-9-16(21(3)20-12)26(24,25)22-10-13(2)23-15(11-22)18-19-17(23)14-7-5-4-6-8-14/h4-9,13H,10-11H2,1-3H3/t13-/m0/s1. The minimum atomic E-state index is -3.65. The van der Waals surface area contributed by atoms with Crippen molar-refractivity contribution in [3.05, 3.63) is 47.9 Å². The Morgan fingerprint density at radius 1 is 1.15 bits per heavy atom. The molecule has 0 spiro atoms. The summed E-state index contributed by atoms with van der Waals surface area (Å²) in [6.45, 7) is 4.31. The van der Waals surface area contributed by atoms with Crippen molar-refractivity contribution in [2.45, 2.75) is 31.5 Å². The summed E-state index contributed by atoms with van der Waals surface area (Å²) in [6.07, 6.45) is 0. The fourth-order valence-electron chi connectivity index (χ4n) is 3.42. The Balaban J connectivity index is 1.72. The van der Waals surface area contributed by atoms with Crippen LogP contribution in [0.5, 0.6) is 0 Å². The Morgan fingerprint density at radius 3 is 2.54 bits per heavy atom. The Morgan fingerprint density at radius 2 is 1.88 bits per heavy atom. The second-order valence-corrected chi connectivity index (χ2v) is 8.45. The molecular formula is C17H20N6O2S. The number of sulfonamides is 1. The van der Waals surface area contributed by atoms with Gasteiger partial charge in [0.2, 0.25) is 0 Å². The molecular weight excluding hydrogens is 352 g/mol. The molecule has 136 valence electrons. The minimum Gasteiger partial charge on any atom is -0.306 e. The Kier molecular flexibility index (Phi) is 3.92. The second kappa shape index (κ2) is 6.03. The van der Waals surface area contributed by atoms with Crippen LogP contribution in [0.1, 0.15) is 24.5 Å². The molecule has 8 nitrogen and oxygen atoms in total. The Bertz CT molecular complexity index is 1050. The van der Waals surface area contributed by atoms with Gasteiger partial charge in [0.1, 0.15) is 5.82 Å². The lowest BCUT2D eigenvalue weighted by molar-refractivity contribution is 0.291. The third-order valence-corrected chi connectivity index (χ3v) is 6.46. The van der Waals surface area contributed by atoms with E-state index in [-0.39, 0.29) is 17.6 Å². The number of aromatic nitrogens is 5. The van der Waals surface area contributed by atoms with E-state index in [1.807, 2.05) is 41.8 Å². The lowest BCUT2D eigenvalue weighted by Gasteiger charge is -2.31. The smallest absolute Gasteiger partial charge is 0.260 e. The predicted molar refractivity (Wildman–Crippen MR) is 95.7 cm³/mol. The Hall–Kier alpha value is -2.52. The minimum absolute atomic E-state index is 0.0759. The molecule has 0 unspecified atom stereocenters. The summed E-state index contributed by atoms with van der Waals surface area (Å²) in [5, 5.41) is 12.9. The summed E-state index contributed by atoms with van der Waals surface area (Å²) in [4.78, 5) is 0. The van der Waals surface area contributed by atoms with E-state index in [0.29, 0.717) is 18.1 Å². The quantitative estimate of drug-likeness (QED) is 0.699. The van der Waals surface area contributed by atoms with Crippen molar-refractivity contribution in [2.75, 3.05) is 6.54 Å². The molecule has 4 rings (SSSR count). The summed E-state index contributed by atoms with van der Waals surface area (Å²) < 4.78 is 31.0. The molecule has 0 saturated heterocycles. The number of nitrogens with zero attached hydrogens (tertiary/aromatic N) is 6. The van der Waals surface area contributed by atoms with E-state index < -0.39 is 10.0 Å². The summed E-state index contributed by atoms with van der Waals surface area (Å²) >= 11 is 0. The molecule has 1 aliphatic heterocycles. The van der Waals surface area contributed by atoms with E-state index in [2.05, 4.69) is 15.3 Å². The third-order valence-electron chi connectivity index (χ3n) is 4.59. The van der Waals surface area contributed by atoms with Gasteiger partial charge in [-0.1, -0.05) is 30.3 Å². The van der Waals surface area contributed by atoms with Crippen molar-refractivity contribution in [3.63, 3.8) is 0 Å². The molecule has 0 aliphatic carbocycles. The van der Waals surface area contributed by atoms with Crippen LogP contribution >= 0.6 is 0 Å². The van der Waals surface area contributed by atoms with Crippen LogP contribution in [0.25, 0.3) is 11.4 Å². The first-order valence-electron chi connectivity index (χ1n) is 8.38. The van der Waals surface area contributed by atoms with Gasteiger partial charge in [0, 0.05) is 25.2 Å². The lowest BCUT2D eigenvalue weighted by atomic mass is 10.2. The van der Waals surface area contributed by atoms with Crippen LogP contribution in [0, 0.1) is 6.92 Å². The van der Waals surface area contributed by atoms with Crippen LogP contribution < -0.4 is 0 Å². The Labute approximate surface area is 152 Å². The fraction of sp³-hybridized carbons (Fsp3) is 0.353. The molecule has 1 atom stereocenters. The van der Waals surface area contributed by atoms with Gasteiger partial charge in [-0.15, -0.1) is 10.2 Å². The van der Waals surface area contributed by atoms with Crippen molar-refractivity contribution < 1.29 is 8.42 Å². The maximum absolute atomic E-state index is 13.1.